The van der Waals surface area contributed by atoms with Gasteiger partial charge in [0, 0.05) is 18.8 Å². The number of aryl methyl sites for hydroxylation is 2. The molecule has 1 aromatic carbocycles. The lowest BCUT2D eigenvalue weighted by Crippen LogP contribution is -2.50. The van der Waals surface area contributed by atoms with Crippen LogP contribution in [0.3, 0.4) is 0 Å². The molecule has 1 heterocycles. The third kappa shape index (κ3) is 4.52. The minimum absolute atomic E-state index is 0.0143. The summed E-state index contributed by atoms with van der Waals surface area (Å²) in [6, 6.07) is 5.90. The Hall–Kier alpha value is -1.43. The number of anilines is 1. The van der Waals surface area contributed by atoms with Crippen LogP contribution in [0.4, 0.5) is 5.69 Å². The molecule has 5 heteroatoms. The van der Waals surface area contributed by atoms with Crippen molar-refractivity contribution >= 4 is 11.6 Å². The number of carbonyl (C=O) groups excluding carboxylic acids is 1. The van der Waals surface area contributed by atoms with Crippen molar-refractivity contribution in [3.8, 4) is 0 Å². The minimum Gasteiger partial charge on any atom is -0.394 e. The van der Waals surface area contributed by atoms with Crippen LogP contribution in [0.5, 0.6) is 0 Å². The molecule has 2 unspecified atom stereocenters. The van der Waals surface area contributed by atoms with Gasteiger partial charge in [-0.2, -0.15) is 0 Å². The number of aliphatic hydroxyl groups excluding tert-OH is 1. The fourth-order valence-electron chi connectivity index (χ4n) is 2.59. The van der Waals surface area contributed by atoms with E-state index in [2.05, 4.69) is 5.32 Å². The van der Waals surface area contributed by atoms with Gasteiger partial charge in [-0.3, -0.25) is 9.69 Å². The molecule has 0 aliphatic carbocycles. The zero-order valence-corrected chi connectivity index (χ0v) is 12.9. The van der Waals surface area contributed by atoms with Gasteiger partial charge in [-0.25, -0.2) is 0 Å². The zero-order valence-electron chi connectivity index (χ0n) is 12.9. The SMILES string of the molecule is Cc1ccc(NC(=O)CN2CC(C)OC(CO)C2)cc1C. The smallest absolute Gasteiger partial charge is 0.238 e. The maximum absolute atomic E-state index is 12.1. The van der Waals surface area contributed by atoms with Gasteiger partial charge in [0.25, 0.3) is 0 Å². The van der Waals surface area contributed by atoms with E-state index >= 15 is 0 Å². The van der Waals surface area contributed by atoms with E-state index in [1.807, 2.05) is 43.9 Å². The number of carbonyl (C=O) groups is 1. The monoisotopic (exact) mass is 292 g/mol. The summed E-state index contributed by atoms with van der Waals surface area (Å²) < 4.78 is 5.57. The second-order valence-corrected chi connectivity index (χ2v) is 5.79. The van der Waals surface area contributed by atoms with Gasteiger partial charge in [-0.1, -0.05) is 6.07 Å². The normalized spacial score (nSPS) is 23.0. The summed E-state index contributed by atoms with van der Waals surface area (Å²) in [4.78, 5) is 14.1. The summed E-state index contributed by atoms with van der Waals surface area (Å²) in [5.74, 6) is -0.0379. The Labute approximate surface area is 125 Å². The van der Waals surface area contributed by atoms with Gasteiger partial charge >= 0.3 is 0 Å². The molecule has 0 aromatic heterocycles. The third-order valence-corrected chi connectivity index (χ3v) is 3.76. The number of nitrogens with zero attached hydrogens (tertiary/aromatic N) is 1. The lowest BCUT2D eigenvalue weighted by molar-refractivity contribution is -0.124. The predicted octanol–water partition coefficient (Wildman–Crippen LogP) is 1.32. The first-order valence-corrected chi connectivity index (χ1v) is 7.33. The van der Waals surface area contributed by atoms with Gasteiger partial charge in [0.2, 0.25) is 5.91 Å². The van der Waals surface area contributed by atoms with E-state index in [1.54, 1.807) is 0 Å². The highest BCUT2D eigenvalue weighted by Gasteiger charge is 2.25. The van der Waals surface area contributed by atoms with Crippen LogP contribution in [0.1, 0.15) is 18.1 Å². The molecule has 1 aliphatic rings. The molecule has 0 spiro atoms. The number of benzene rings is 1. The number of morpholine rings is 1. The van der Waals surface area contributed by atoms with Crippen molar-refractivity contribution in [1.82, 2.24) is 4.90 Å². The van der Waals surface area contributed by atoms with Gasteiger partial charge in [0.1, 0.15) is 0 Å². The van der Waals surface area contributed by atoms with Crippen molar-refractivity contribution < 1.29 is 14.6 Å². The molecule has 2 rings (SSSR count). The summed E-state index contributed by atoms with van der Waals surface area (Å²) in [5.41, 5.74) is 3.19. The van der Waals surface area contributed by atoms with Crippen molar-refractivity contribution in [2.75, 3.05) is 31.6 Å². The Morgan fingerprint density at radius 3 is 2.81 bits per heavy atom. The predicted molar refractivity (Wildman–Crippen MR) is 82.4 cm³/mol. The first-order chi connectivity index (χ1) is 9.97. The number of ether oxygens (including phenoxy) is 1. The Balaban J connectivity index is 1.90. The van der Waals surface area contributed by atoms with Gasteiger partial charge < -0.3 is 15.2 Å². The van der Waals surface area contributed by atoms with Crippen LogP contribution in [0, 0.1) is 13.8 Å². The van der Waals surface area contributed by atoms with Crippen molar-refractivity contribution in [3.63, 3.8) is 0 Å². The van der Waals surface area contributed by atoms with Crippen LogP contribution in [0.15, 0.2) is 18.2 Å². The molecular weight excluding hydrogens is 268 g/mol. The maximum atomic E-state index is 12.1. The first kappa shape index (κ1) is 15.9. The van der Waals surface area contributed by atoms with Crippen molar-refractivity contribution in [2.45, 2.75) is 33.0 Å². The highest BCUT2D eigenvalue weighted by atomic mass is 16.5. The fourth-order valence-corrected chi connectivity index (χ4v) is 2.59. The first-order valence-electron chi connectivity index (χ1n) is 7.33. The molecule has 2 N–H and O–H groups in total. The second kappa shape index (κ2) is 7.02. The highest BCUT2D eigenvalue weighted by Crippen LogP contribution is 2.15. The Bertz CT molecular complexity index is 504. The molecule has 21 heavy (non-hydrogen) atoms. The quantitative estimate of drug-likeness (QED) is 0.879. The van der Waals surface area contributed by atoms with Crippen LogP contribution in [-0.2, 0) is 9.53 Å². The van der Waals surface area contributed by atoms with E-state index in [0.29, 0.717) is 19.6 Å². The number of hydrogen-bond donors (Lipinski definition) is 2. The standard InChI is InChI=1S/C16H24N2O3/c1-11-4-5-14(6-12(11)2)17-16(20)9-18-7-13(3)21-15(8-18)10-19/h4-6,13,15,19H,7-10H2,1-3H3,(H,17,20). The van der Waals surface area contributed by atoms with Crippen molar-refractivity contribution in [2.24, 2.45) is 0 Å². The molecule has 0 radical (unpaired) electrons. The van der Waals surface area contributed by atoms with Crippen LogP contribution in [-0.4, -0.2) is 54.4 Å². The molecule has 1 aliphatic heterocycles. The average Bonchev–Trinajstić information content (AvgIpc) is 2.42. The van der Waals surface area contributed by atoms with Gasteiger partial charge in [-0.05, 0) is 44.0 Å². The molecule has 1 fully saturated rings. The van der Waals surface area contributed by atoms with Gasteiger partial charge in [0.05, 0.1) is 25.4 Å². The number of nitrogens with one attached hydrogen (secondary N) is 1. The fraction of sp³-hybridized carbons (Fsp3) is 0.562. The van der Waals surface area contributed by atoms with E-state index in [-0.39, 0.29) is 24.7 Å². The summed E-state index contributed by atoms with van der Waals surface area (Å²) in [5, 5.41) is 12.1. The van der Waals surface area contributed by atoms with E-state index < -0.39 is 0 Å². The van der Waals surface area contributed by atoms with E-state index in [9.17, 15) is 9.90 Å². The van der Waals surface area contributed by atoms with Gasteiger partial charge in [-0.15, -0.1) is 0 Å². The molecule has 5 nitrogen and oxygen atoms in total. The second-order valence-electron chi connectivity index (χ2n) is 5.79. The molecule has 1 aromatic rings. The summed E-state index contributed by atoms with van der Waals surface area (Å²) in [7, 11) is 0. The van der Waals surface area contributed by atoms with E-state index in [4.69, 9.17) is 4.74 Å². The molecule has 116 valence electrons. The largest absolute Gasteiger partial charge is 0.394 e. The molecular formula is C16H24N2O3. The number of hydrogen-bond acceptors (Lipinski definition) is 4. The molecule has 2 atom stereocenters. The number of aliphatic hydroxyl groups is 1. The summed E-state index contributed by atoms with van der Waals surface area (Å²) in [6.07, 6.45) is -0.173. The van der Waals surface area contributed by atoms with Crippen LogP contribution >= 0.6 is 0 Å². The molecule has 0 saturated carbocycles. The number of amides is 1. The van der Waals surface area contributed by atoms with Crippen molar-refractivity contribution in [1.29, 1.82) is 0 Å². The highest BCUT2D eigenvalue weighted by molar-refractivity contribution is 5.92. The number of rotatable bonds is 4. The van der Waals surface area contributed by atoms with Crippen molar-refractivity contribution in [3.05, 3.63) is 29.3 Å². The van der Waals surface area contributed by atoms with Crippen LogP contribution < -0.4 is 5.32 Å². The van der Waals surface area contributed by atoms with Gasteiger partial charge in [0.15, 0.2) is 0 Å². The summed E-state index contributed by atoms with van der Waals surface area (Å²) in [6.45, 7) is 7.62. The summed E-state index contributed by atoms with van der Waals surface area (Å²) >= 11 is 0. The Morgan fingerprint density at radius 2 is 2.14 bits per heavy atom. The Morgan fingerprint density at radius 1 is 1.38 bits per heavy atom. The van der Waals surface area contributed by atoms with Crippen LogP contribution in [0.2, 0.25) is 0 Å². The third-order valence-electron chi connectivity index (χ3n) is 3.76. The molecule has 1 amide bonds. The topological polar surface area (TPSA) is 61.8 Å². The maximum Gasteiger partial charge on any atom is 0.238 e. The van der Waals surface area contributed by atoms with Crippen LogP contribution in [0.25, 0.3) is 0 Å². The molecule has 1 saturated heterocycles. The zero-order chi connectivity index (χ0) is 15.4. The lowest BCUT2D eigenvalue weighted by Gasteiger charge is -2.35. The minimum atomic E-state index is -0.205. The lowest BCUT2D eigenvalue weighted by atomic mass is 10.1. The Kier molecular flexibility index (Phi) is 5.33. The van der Waals surface area contributed by atoms with E-state index in [0.717, 1.165) is 11.3 Å². The van der Waals surface area contributed by atoms with E-state index in [1.165, 1.54) is 5.56 Å². The molecule has 0 bridgehead atoms. The average molecular weight is 292 g/mol.